The molecule has 0 amide bonds. The number of alkyl halides is 11. The molecule has 2 aliphatic rings. The van der Waals surface area contributed by atoms with Crippen LogP contribution in [0.15, 0.2) is 24.0 Å². The molecule has 18 heteroatoms. The molecular weight excluding hydrogens is 633 g/mol. The number of rotatable bonds is 9. The van der Waals surface area contributed by atoms with Crippen LogP contribution < -0.4 is 0 Å². The van der Waals surface area contributed by atoms with Gasteiger partial charge in [0.2, 0.25) is 5.60 Å². The first kappa shape index (κ1) is 37.6. The molecule has 0 aromatic rings. The second kappa shape index (κ2) is 12.3. The highest BCUT2D eigenvalue weighted by molar-refractivity contribution is 5.88. The quantitative estimate of drug-likeness (QED) is 0.129. The fourth-order valence-corrected chi connectivity index (χ4v) is 4.89. The predicted octanol–water partition coefficient (Wildman–Crippen LogP) is 6.55. The fraction of sp³-hybridized carbons (Fsp3) is 0.769. The Morgan fingerprint density at radius 2 is 1.41 bits per heavy atom. The Labute approximate surface area is 244 Å². The van der Waals surface area contributed by atoms with Crippen LogP contribution in [0.25, 0.3) is 0 Å². The molecule has 0 aromatic heterocycles. The van der Waals surface area contributed by atoms with Gasteiger partial charge in [-0.2, -0.15) is 48.3 Å². The average molecular weight is 665 g/mol. The number of carbonyl (C=O) groups excluding carboxylic acids is 2. The van der Waals surface area contributed by atoms with Gasteiger partial charge in [0.1, 0.15) is 6.61 Å². The van der Waals surface area contributed by atoms with E-state index in [0.29, 0.717) is 20.8 Å². The summed E-state index contributed by atoms with van der Waals surface area (Å²) in [6, 6.07) is 0. The zero-order valence-electron chi connectivity index (χ0n) is 23.8. The van der Waals surface area contributed by atoms with E-state index in [9.17, 15) is 54.2 Å². The molecule has 0 bridgehead atoms. The molecule has 0 radical (unpaired) electrons. The van der Waals surface area contributed by atoms with Crippen LogP contribution in [-0.2, 0) is 28.5 Å². The van der Waals surface area contributed by atoms with Crippen molar-refractivity contribution in [1.29, 1.82) is 0 Å². The maximum absolute atomic E-state index is 15.0. The molecule has 1 heterocycles. The molecule has 44 heavy (non-hydrogen) atoms. The summed E-state index contributed by atoms with van der Waals surface area (Å²) in [4.78, 5) is 24.1. The highest BCUT2D eigenvalue weighted by Crippen LogP contribution is 2.54. The van der Waals surface area contributed by atoms with E-state index in [-0.39, 0.29) is 11.8 Å². The second-order valence-corrected chi connectivity index (χ2v) is 11.2. The van der Waals surface area contributed by atoms with E-state index in [1.54, 1.807) is 0 Å². The van der Waals surface area contributed by atoms with Crippen molar-refractivity contribution in [2.45, 2.75) is 94.8 Å². The number of carbonyl (C=O) groups is 2. The van der Waals surface area contributed by atoms with Crippen molar-refractivity contribution in [3.05, 3.63) is 24.0 Å². The molecular formula is C26H31F11O7. The standard InChI is InChI=1S/C26H31F11O7/c1-13(2)18(38)41-11-17-12-43-23(22(17,27)28,26(35,36)37)42-10-14(3)19(39)44-21(5,25(32,33)34)16-8-6-15(7-9-16)20(4,40)24(29,30)31/h10,15-17,40H,1,6-9,11-12H2,2-5H3/b14-10+. The van der Waals surface area contributed by atoms with E-state index in [0.717, 1.165) is 6.92 Å². The Morgan fingerprint density at radius 3 is 1.84 bits per heavy atom. The largest absolute Gasteiger partial charge is 0.462 e. The molecule has 4 unspecified atom stereocenters. The number of aliphatic hydroxyl groups is 1. The minimum absolute atomic E-state index is 0.208. The topological polar surface area (TPSA) is 91.3 Å². The summed E-state index contributed by atoms with van der Waals surface area (Å²) < 4.78 is 171. The Morgan fingerprint density at radius 1 is 0.909 bits per heavy atom. The van der Waals surface area contributed by atoms with Crippen LogP contribution in [0, 0.1) is 17.8 Å². The van der Waals surface area contributed by atoms with Crippen LogP contribution in [0.4, 0.5) is 48.3 Å². The Hall–Kier alpha value is -2.63. The lowest BCUT2D eigenvalue weighted by atomic mass is 9.69. The molecule has 7 nitrogen and oxygen atoms in total. The Bertz CT molecular complexity index is 1120. The van der Waals surface area contributed by atoms with Crippen molar-refractivity contribution < 1.29 is 81.9 Å². The zero-order valence-corrected chi connectivity index (χ0v) is 23.8. The van der Waals surface area contributed by atoms with Gasteiger partial charge in [0.05, 0.1) is 24.4 Å². The maximum atomic E-state index is 15.0. The highest BCUT2D eigenvalue weighted by Gasteiger charge is 2.80. The van der Waals surface area contributed by atoms with Gasteiger partial charge >= 0.3 is 42.2 Å². The molecule has 4 atom stereocenters. The number of hydrogen-bond acceptors (Lipinski definition) is 7. The van der Waals surface area contributed by atoms with Gasteiger partial charge in [0, 0.05) is 11.5 Å². The van der Waals surface area contributed by atoms with Crippen LogP contribution in [0.5, 0.6) is 0 Å². The molecule has 1 saturated carbocycles. The second-order valence-electron chi connectivity index (χ2n) is 11.2. The molecule has 254 valence electrons. The number of esters is 2. The van der Waals surface area contributed by atoms with Gasteiger partial charge in [0.25, 0.3) is 0 Å². The third-order valence-corrected chi connectivity index (χ3v) is 8.04. The van der Waals surface area contributed by atoms with Crippen molar-refractivity contribution >= 4 is 11.9 Å². The summed E-state index contributed by atoms with van der Waals surface area (Å²) in [5, 5.41) is 9.88. The van der Waals surface area contributed by atoms with Gasteiger partial charge in [-0.25, -0.2) is 9.59 Å². The Kier molecular flexibility index (Phi) is 10.5. The van der Waals surface area contributed by atoms with Crippen LogP contribution >= 0.6 is 0 Å². The van der Waals surface area contributed by atoms with E-state index in [2.05, 4.69) is 25.5 Å². The summed E-state index contributed by atoms with van der Waals surface area (Å²) in [7, 11) is 0. The third-order valence-electron chi connectivity index (χ3n) is 8.04. The predicted molar refractivity (Wildman–Crippen MR) is 126 cm³/mol. The molecule has 0 spiro atoms. The van der Waals surface area contributed by atoms with Crippen molar-refractivity contribution in [2.75, 3.05) is 13.2 Å². The molecule has 1 saturated heterocycles. The summed E-state index contributed by atoms with van der Waals surface area (Å²) in [5.74, 6) is -18.3. The van der Waals surface area contributed by atoms with Crippen LogP contribution in [0.1, 0.15) is 53.4 Å². The summed E-state index contributed by atoms with van der Waals surface area (Å²) in [6.45, 7) is 3.25. The smallest absolute Gasteiger partial charge is 0.462 e. The van der Waals surface area contributed by atoms with E-state index < -0.39 is 116 Å². The van der Waals surface area contributed by atoms with Gasteiger partial charge in [-0.1, -0.05) is 6.58 Å². The lowest BCUT2D eigenvalue weighted by Crippen LogP contribution is -2.59. The van der Waals surface area contributed by atoms with E-state index in [1.165, 1.54) is 0 Å². The first-order valence-corrected chi connectivity index (χ1v) is 13.0. The molecule has 1 aliphatic heterocycles. The van der Waals surface area contributed by atoms with Crippen molar-refractivity contribution in [3.8, 4) is 0 Å². The maximum Gasteiger partial charge on any atom is 0.462 e. The van der Waals surface area contributed by atoms with Gasteiger partial charge < -0.3 is 24.1 Å². The average Bonchev–Trinajstić information content (AvgIpc) is 3.14. The molecule has 0 aromatic carbocycles. The van der Waals surface area contributed by atoms with Gasteiger partial charge in [-0.15, -0.1) is 0 Å². The van der Waals surface area contributed by atoms with Crippen LogP contribution in [0.3, 0.4) is 0 Å². The van der Waals surface area contributed by atoms with Crippen molar-refractivity contribution in [3.63, 3.8) is 0 Å². The zero-order chi connectivity index (χ0) is 34.3. The SMILES string of the molecule is C=C(C)C(=O)OCC1COC(O/C=C(\C)C(=O)OC(C)(C2CCC(C(C)(O)C(F)(F)F)CC2)C(F)(F)F)(C(F)(F)F)C1(F)F. The van der Waals surface area contributed by atoms with Crippen LogP contribution in [-0.4, -0.2) is 71.7 Å². The number of halogens is 11. The minimum Gasteiger partial charge on any atom is -0.462 e. The van der Waals surface area contributed by atoms with Crippen molar-refractivity contribution in [2.24, 2.45) is 17.8 Å². The van der Waals surface area contributed by atoms with E-state index in [1.807, 2.05) is 0 Å². The third kappa shape index (κ3) is 6.94. The van der Waals surface area contributed by atoms with Crippen LogP contribution in [0.2, 0.25) is 0 Å². The van der Waals surface area contributed by atoms with Crippen molar-refractivity contribution in [1.82, 2.24) is 0 Å². The first-order valence-electron chi connectivity index (χ1n) is 13.0. The summed E-state index contributed by atoms with van der Waals surface area (Å²) in [6.07, 6.45) is -18.9. The number of hydrogen-bond donors (Lipinski definition) is 1. The fourth-order valence-electron chi connectivity index (χ4n) is 4.89. The monoisotopic (exact) mass is 664 g/mol. The van der Waals surface area contributed by atoms with E-state index in [4.69, 9.17) is 0 Å². The summed E-state index contributed by atoms with van der Waals surface area (Å²) >= 11 is 0. The normalized spacial score (nSPS) is 29.3. The molecule has 1 aliphatic carbocycles. The first-order chi connectivity index (χ1) is 19.7. The summed E-state index contributed by atoms with van der Waals surface area (Å²) in [5.41, 5.74) is -7.95. The van der Waals surface area contributed by atoms with Gasteiger partial charge in [0.15, 0.2) is 5.60 Å². The molecule has 2 rings (SSSR count). The van der Waals surface area contributed by atoms with Gasteiger partial charge in [-0.3, -0.25) is 0 Å². The Balaban J connectivity index is 2.27. The van der Waals surface area contributed by atoms with Gasteiger partial charge in [-0.05, 0) is 59.3 Å². The lowest BCUT2D eigenvalue weighted by molar-refractivity contribution is -0.405. The molecule has 1 N–H and O–H groups in total. The highest BCUT2D eigenvalue weighted by atomic mass is 19.4. The minimum atomic E-state index is -5.99. The van der Waals surface area contributed by atoms with E-state index >= 15 is 8.78 Å². The lowest BCUT2D eigenvalue weighted by Gasteiger charge is -2.44. The number of ether oxygens (including phenoxy) is 4. The molecule has 2 fully saturated rings.